The van der Waals surface area contributed by atoms with E-state index in [2.05, 4.69) is 46.0 Å². The number of hydrogen-bond donors (Lipinski definition) is 0. The number of aryl methyl sites for hydroxylation is 1. The van der Waals surface area contributed by atoms with Crippen LogP contribution in [0.2, 0.25) is 0 Å². The molecule has 0 radical (unpaired) electrons. The number of rotatable bonds is 2. The summed E-state index contributed by atoms with van der Waals surface area (Å²) in [5.74, 6) is 0.543. The van der Waals surface area contributed by atoms with E-state index in [1.165, 1.54) is 11.1 Å². The summed E-state index contributed by atoms with van der Waals surface area (Å²) in [5, 5.41) is 0.991. The largest absolute Gasteiger partial charge is 0.334 e. The third-order valence-electron chi connectivity index (χ3n) is 2.55. The van der Waals surface area contributed by atoms with E-state index in [9.17, 15) is 0 Å². The molecule has 0 aliphatic rings. The first kappa shape index (κ1) is 9.71. The van der Waals surface area contributed by atoms with Crippen molar-refractivity contribution < 1.29 is 0 Å². The van der Waals surface area contributed by atoms with Gasteiger partial charge in [0.05, 0.1) is 17.4 Å². The normalized spacial score (nSPS) is 13.4. The lowest BCUT2D eigenvalue weighted by molar-refractivity contribution is 0.889. The minimum atomic E-state index is 0.543. The van der Waals surface area contributed by atoms with Gasteiger partial charge in [0.15, 0.2) is 0 Å². The van der Waals surface area contributed by atoms with Gasteiger partial charge in [-0.25, -0.2) is 4.98 Å². The van der Waals surface area contributed by atoms with E-state index in [1.54, 1.807) is 0 Å². The Labute approximate surface area is 92.1 Å². The van der Waals surface area contributed by atoms with E-state index in [-0.39, 0.29) is 0 Å². The maximum Gasteiger partial charge on any atom is 0.0955 e. The number of imidazole rings is 1. The number of alkyl halides is 1. The Morgan fingerprint density at radius 3 is 3.00 bits per heavy atom. The van der Waals surface area contributed by atoms with Gasteiger partial charge in [0.25, 0.3) is 0 Å². The van der Waals surface area contributed by atoms with Crippen molar-refractivity contribution >= 4 is 27.0 Å². The number of nitrogens with zero attached hydrogens (tertiary/aromatic N) is 2. The van der Waals surface area contributed by atoms with Crippen molar-refractivity contribution in [2.45, 2.75) is 12.8 Å². The first-order valence-electron chi connectivity index (χ1n) is 4.69. The van der Waals surface area contributed by atoms with E-state index >= 15 is 0 Å². The van der Waals surface area contributed by atoms with Crippen molar-refractivity contribution in [1.82, 2.24) is 9.55 Å². The number of fused-ring (bicyclic) bond motifs is 1. The molecule has 1 heterocycles. The van der Waals surface area contributed by atoms with E-state index < -0.39 is 0 Å². The molecule has 1 aromatic carbocycles. The van der Waals surface area contributed by atoms with Crippen molar-refractivity contribution in [2.24, 2.45) is 7.05 Å². The van der Waals surface area contributed by atoms with Crippen LogP contribution in [-0.2, 0) is 7.05 Å². The summed E-state index contributed by atoms with van der Waals surface area (Å²) < 4.78 is 2.04. The van der Waals surface area contributed by atoms with Crippen LogP contribution < -0.4 is 0 Å². The Balaban J connectivity index is 2.52. The second kappa shape index (κ2) is 3.73. The zero-order valence-corrected chi connectivity index (χ0v) is 9.95. The minimum Gasteiger partial charge on any atom is -0.334 e. The zero-order chi connectivity index (χ0) is 10.1. The average molecular weight is 253 g/mol. The van der Waals surface area contributed by atoms with Gasteiger partial charge in [-0.3, -0.25) is 0 Å². The van der Waals surface area contributed by atoms with Gasteiger partial charge in [0.1, 0.15) is 0 Å². The molecule has 1 unspecified atom stereocenters. The molecule has 0 saturated heterocycles. The van der Waals surface area contributed by atoms with E-state index in [1.807, 2.05) is 17.9 Å². The molecule has 3 heteroatoms. The predicted molar refractivity (Wildman–Crippen MR) is 62.9 cm³/mol. The highest BCUT2D eigenvalue weighted by Gasteiger charge is 2.06. The monoisotopic (exact) mass is 252 g/mol. The molecule has 2 nitrogen and oxygen atoms in total. The third kappa shape index (κ3) is 1.57. The highest BCUT2D eigenvalue weighted by atomic mass is 79.9. The van der Waals surface area contributed by atoms with Gasteiger partial charge in [0, 0.05) is 12.4 Å². The van der Waals surface area contributed by atoms with Crippen LogP contribution in [0, 0.1) is 0 Å². The third-order valence-corrected chi connectivity index (χ3v) is 3.52. The zero-order valence-electron chi connectivity index (χ0n) is 8.37. The van der Waals surface area contributed by atoms with Crippen LogP contribution in [-0.4, -0.2) is 14.9 Å². The quantitative estimate of drug-likeness (QED) is 0.752. The standard InChI is InChI=1S/C11H13BrN2/c1-8(6-12)9-3-4-11-10(5-9)13-7-14(11)2/h3-5,7-8H,6H2,1-2H3. The summed E-state index contributed by atoms with van der Waals surface area (Å²) in [6, 6.07) is 6.48. The van der Waals surface area contributed by atoms with Crippen molar-refractivity contribution in [3.8, 4) is 0 Å². The maximum absolute atomic E-state index is 4.34. The number of aromatic nitrogens is 2. The number of halogens is 1. The fraction of sp³-hybridized carbons (Fsp3) is 0.364. The molecule has 74 valence electrons. The summed E-state index contributed by atoms with van der Waals surface area (Å²) in [5.41, 5.74) is 3.61. The molecule has 0 spiro atoms. The van der Waals surface area contributed by atoms with Crippen LogP contribution in [0.1, 0.15) is 18.4 Å². The van der Waals surface area contributed by atoms with Crippen molar-refractivity contribution in [1.29, 1.82) is 0 Å². The lowest BCUT2D eigenvalue weighted by Crippen LogP contribution is -1.94. The molecule has 0 saturated carbocycles. The summed E-state index contributed by atoms with van der Waals surface area (Å²) in [6.07, 6.45) is 1.85. The van der Waals surface area contributed by atoms with Crippen LogP contribution in [0.15, 0.2) is 24.5 Å². The summed E-state index contributed by atoms with van der Waals surface area (Å²) in [7, 11) is 2.02. The Morgan fingerprint density at radius 2 is 2.29 bits per heavy atom. The average Bonchev–Trinajstić information content (AvgIpc) is 2.59. The topological polar surface area (TPSA) is 17.8 Å². The molecule has 1 atom stereocenters. The highest BCUT2D eigenvalue weighted by Crippen LogP contribution is 2.21. The Morgan fingerprint density at radius 1 is 1.50 bits per heavy atom. The van der Waals surface area contributed by atoms with Gasteiger partial charge in [-0.15, -0.1) is 0 Å². The van der Waals surface area contributed by atoms with Crippen LogP contribution in [0.5, 0.6) is 0 Å². The fourth-order valence-electron chi connectivity index (χ4n) is 1.55. The van der Waals surface area contributed by atoms with Gasteiger partial charge in [0.2, 0.25) is 0 Å². The van der Waals surface area contributed by atoms with E-state index in [0.29, 0.717) is 5.92 Å². The SMILES string of the molecule is CC(CBr)c1ccc2c(c1)ncn2C. The molecule has 0 fully saturated rings. The van der Waals surface area contributed by atoms with Crippen molar-refractivity contribution in [2.75, 3.05) is 5.33 Å². The van der Waals surface area contributed by atoms with Crippen LogP contribution in [0.25, 0.3) is 11.0 Å². The predicted octanol–water partition coefficient (Wildman–Crippen LogP) is 3.07. The maximum atomic E-state index is 4.34. The first-order chi connectivity index (χ1) is 6.72. The molecule has 0 aliphatic heterocycles. The van der Waals surface area contributed by atoms with E-state index in [4.69, 9.17) is 0 Å². The molecule has 14 heavy (non-hydrogen) atoms. The molecule has 1 aromatic heterocycles. The van der Waals surface area contributed by atoms with Crippen LogP contribution >= 0.6 is 15.9 Å². The molecule has 0 bridgehead atoms. The number of benzene rings is 1. The van der Waals surface area contributed by atoms with Gasteiger partial charge in [-0.2, -0.15) is 0 Å². The molecule has 0 amide bonds. The molecule has 2 rings (SSSR count). The Kier molecular flexibility index (Phi) is 2.59. The Hall–Kier alpha value is -0.830. The first-order valence-corrected chi connectivity index (χ1v) is 5.81. The van der Waals surface area contributed by atoms with Gasteiger partial charge in [-0.05, 0) is 23.6 Å². The second-order valence-corrected chi connectivity index (χ2v) is 4.31. The molecular formula is C11H13BrN2. The van der Waals surface area contributed by atoms with Gasteiger partial charge >= 0.3 is 0 Å². The molecule has 0 aliphatic carbocycles. The van der Waals surface area contributed by atoms with Crippen molar-refractivity contribution in [3.05, 3.63) is 30.1 Å². The molecular weight excluding hydrogens is 240 g/mol. The fourth-order valence-corrected chi connectivity index (χ4v) is 1.92. The second-order valence-electron chi connectivity index (χ2n) is 3.66. The van der Waals surface area contributed by atoms with Crippen molar-refractivity contribution in [3.63, 3.8) is 0 Å². The highest BCUT2D eigenvalue weighted by molar-refractivity contribution is 9.09. The van der Waals surface area contributed by atoms with Crippen LogP contribution in [0.4, 0.5) is 0 Å². The lowest BCUT2D eigenvalue weighted by Gasteiger charge is -2.07. The Bertz CT molecular complexity index is 447. The summed E-state index contributed by atoms with van der Waals surface area (Å²) in [4.78, 5) is 4.34. The summed E-state index contributed by atoms with van der Waals surface area (Å²) >= 11 is 3.50. The molecule has 2 aromatic rings. The van der Waals surface area contributed by atoms with Gasteiger partial charge in [-0.1, -0.05) is 28.9 Å². The minimum absolute atomic E-state index is 0.543. The smallest absolute Gasteiger partial charge is 0.0955 e. The van der Waals surface area contributed by atoms with E-state index in [0.717, 1.165) is 10.8 Å². The molecule has 0 N–H and O–H groups in total. The summed E-state index contributed by atoms with van der Waals surface area (Å²) in [6.45, 7) is 2.21. The van der Waals surface area contributed by atoms with Crippen LogP contribution in [0.3, 0.4) is 0 Å². The number of hydrogen-bond acceptors (Lipinski definition) is 1. The lowest BCUT2D eigenvalue weighted by atomic mass is 10.0. The van der Waals surface area contributed by atoms with Gasteiger partial charge < -0.3 is 4.57 Å².